The fraction of sp³-hybridized carbons (Fsp3) is 0.400. The van der Waals surface area contributed by atoms with E-state index in [9.17, 15) is 14.6 Å². The minimum atomic E-state index is -1.33. The number of benzene rings is 1. The van der Waals surface area contributed by atoms with Gasteiger partial charge in [0.25, 0.3) is 0 Å². The van der Waals surface area contributed by atoms with Crippen LogP contribution in [-0.2, 0) is 0 Å². The summed E-state index contributed by atoms with van der Waals surface area (Å²) in [5.41, 5.74) is 6.11. The highest BCUT2D eigenvalue weighted by Gasteiger charge is 2.20. The third kappa shape index (κ3) is 2.44. The predicted molar refractivity (Wildman–Crippen MR) is 53.6 cm³/mol. The minimum absolute atomic E-state index is 0.0121. The molecule has 0 aromatic heterocycles. The van der Waals surface area contributed by atoms with Crippen molar-refractivity contribution in [2.24, 2.45) is 0 Å². The zero-order chi connectivity index (χ0) is 11.6. The number of hydrogen-bond acceptors (Lipinski definition) is 4. The van der Waals surface area contributed by atoms with Crippen molar-refractivity contribution in [3.63, 3.8) is 0 Å². The van der Waals surface area contributed by atoms with E-state index >= 15 is 0 Å². The molecule has 1 aromatic rings. The number of aliphatic hydroxyl groups excluding tert-OH is 3. The van der Waals surface area contributed by atoms with Gasteiger partial charge in [0.05, 0.1) is 12.3 Å². The minimum Gasteiger partial charge on any atom is -0.396 e. The zero-order valence-corrected chi connectivity index (χ0v) is 8.31. The summed E-state index contributed by atoms with van der Waals surface area (Å²) in [6.45, 7) is 1.05. The van der Waals surface area contributed by atoms with Gasteiger partial charge in [0.1, 0.15) is 18.0 Å². The standard InChI is InChI=1S/C10H14FNO3/c1-5-2-8(12)7(11)3-6(5)10(15)9(14)4-13/h2-3,9-10,13-15H,4,12H2,1H3. The van der Waals surface area contributed by atoms with E-state index < -0.39 is 24.6 Å². The van der Waals surface area contributed by atoms with Crippen LogP contribution in [0.25, 0.3) is 0 Å². The number of rotatable bonds is 3. The van der Waals surface area contributed by atoms with E-state index in [-0.39, 0.29) is 11.3 Å². The van der Waals surface area contributed by atoms with Crippen molar-refractivity contribution in [1.82, 2.24) is 0 Å². The van der Waals surface area contributed by atoms with Crippen LogP contribution in [0.3, 0.4) is 0 Å². The maximum absolute atomic E-state index is 13.1. The van der Waals surface area contributed by atoms with Crippen LogP contribution >= 0.6 is 0 Å². The second-order valence-corrected chi connectivity index (χ2v) is 3.43. The number of nitrogen functional groups attached to an aromatic ring is 1. The van der Waals surface area contributed by atoms with Gasteiger partial charge in [0.2, 0.25) is 0 Å². The summed E-state index contributed by atoms with van der Waals surface area (Å²) in [5, 5.41) is 27.4. The van der Waals surface area contributed by atoms with Gasteiger partial charge in [-0.15, -0.1) is 0 Å². The Bertz CT molecular complexity index is 357. The van der Waals surface area contributed by atoms with Crippen LogP contribution in [0.4, 0.5) is 10.1 Å². The van der Waals surface area contributed by atoms with Crippen molar-refractivity contribution in [1.29, 1.82) is 0 Å². The molecule has 0 amide bonds. The maximum atomic E-state index is 13.1. The van der Waals surface area contributed by atoms with Crippen LogP contribution in [0, 0.1) is 12.7 Å². The van der Waals surface area contributed by atoms with E-state index in [4.69, 9.17) is 10.8 Å². The Morgan fingerprint density at radius 2 is 2.00 bits per heavy atom. The normalized spacial score (nSPS) is 15.0. The van der Waals surface area contributed by atoms with Crippen molar-refractivity contribution in [2.75, 3.05) is 12.3 Å². The first kappa shape index (κ1) is 11.9. The summed E-state index contributed by atoms with van der Waals surface area (Å²) in [4.78, 5) is 0. The van der Waals surface area contributed by atoms with E-state index in [2.05, 4.69) is 0 Å². The number of hydrogen-bond donors (Lipinski definition) is 4. The number of aliphatic hydroxyl groups is 3. The molecule has 0 aliphatic carbocycles. The fourth-order valence-electron chi connectivity index (χ4n) is 1.34. The molecule has 0 radical (unpaired) electrons. The zero-order valence-electron chi connectivity index (χ0n) is 8.31. The second kappa shape index (κ2) is 4.57. The highest BCUT2D eigenvalue weighted by Crippen LogP contribution is 2.24. The van der Waals surface area contributed by atoms with E-state index in [1.165, 1.54) is 6.07 Å². The molecule has 4 nitrogen and oxygen atoms in total. The number of halogens is 1. The SMILES string of the molecule is Cc1cc(N)c(F)cc1C(O)C(O)CO. The molecule has 0 bridgehead atoms. The fourth-order valence-corrected chi connectivity index (χ4v) is 1.34. The Morgan fingerprint density at radius 3 is 2.53 bits per heavy atom. The summed E-state index contributed by atoms with van der Waals surface area (Å²) in [7, 11) is 0. The molecule has 5 heteroatoms. The average Bonchev–Trinajstić information content (AvgIpc) is 2.21. The number of nitrogens with two attached hydrogens (primary N) is 1. The molecule has 0 aliphatic heterocycles. The Hall–Kier alpha value is -1.17. The Kier molecular flexibility index (Phi) is 3.62. The van der Waals surface area contributed by atoms with Gasteiger partial charge in [-0.3, -0.25) is 0 Å². The van der Waals surface area contributed by atoms with Crippen LogP contribution in [0.1, 0.15) is 17.2 Å². The largest absolute Gasteiger partial charge is 0.396 e. The molecule has 0 fully saturated rings. The van der Waals surface area contributed by atoms with Gasteiger partial charge in [0, 0.05) is 0 Å². The molecule has 2 unspecified atom stereocenters. The van der Waals surface area contributed by atoms with Crippen LogP contribution in [-0.4, -0.2) is 28.0 Å². The van der Waals surface area contributed by atoms with Crippen LogP contribution in [0.15, 0.2) is 12.1 Å². The van der Waals surface area contributed by atoms with Crippen LogP contribution in [0.2, 0.25) is 0 Å². The molecular weight excluding hydrogens is 201 g/mol. The van der Waals surface area contributed by atoms with Gasteiger partial charge in [-0.1, -0.05) is 0 Å². The molecule has 84 valence electrons. The summed E-state index contributed by atoms with van der Waals surface area (Å²) in [5.74, 6) is -0.653. The van der Waals surface area contributed by atoms with Gasteiger partial charge in [-0.05, 0) is 30.2 Å². The number of anilines is 1. The molecule has 0 saturated heterocycles. The topological polar surface area (TPSA) is 86.7 Å². The smallest absolute Gasteiger partial charge is 0.146 e. The molecule has 0 heterocycles. The molecule has 15 heavy (non-hydrogen) atoms. The van der Waals surface area contributed by atoms with Crippen molar-refractivity contribution in [2.45, 2.75) is 19.1 Å². The lowest BCUT2D eigenvalue weighted by molar-refractivity contribution is -0.0156. The molecular formula is C10H14FNO3. The highest BCUT2D eigenvalue weighted by molar-refractivity contribution is 5.46. The first-order valence-corrected chi connectivity index (χ1v) is 4.50. The molecule has 0 spiro atoms. The maximum Gasteiger partial charge on any atom is 0.146 e. The molecule has 1 rings (SSSR count). The molecule has 1 aromatic carbocycles. The first-order chi connectivity index (χ1) is 6.97. The van der Waals surface area contributed by atoms with Crippen LogP contribution < -0.4 is 5.73 Å². The lowest BCUT2D eigenvalue weighted by Gasteiger charge is -2.18. The van der Waals surface area contributed by atoms with Crippen molar-refractivity contribution < 1.29 is 19.7 Å². The third-order valence-electron chi connectivity index (χ3n) is 2.26. The Morgan fingerprint density at radius 1 is 1.40 bits per heavy atom. The highest BCUT2D eigenvalue weighted by atomic mass is 19.1. The summed E-state index contributed by atoms with van der Waals surface area (Å²) in [6.07, 6.45) is -2.64. The first-order valence-electron chi connectivity index (χ1n) is 4.50. The average molecular weight is 215 g/mol. The van der Waals surface area contributed by atoms with Gasteiger partial charge in [-0.2, -0.15) is 0 Å². The van der Waals surface area contributed by atoms with Crippen molar-refractivity contribution >= 4 is 5.69 Å². The van der Waals surface area contributed by atoms with Crippen LogP contribution in [0.5, 0.6) is 0 Å². The van der Waals surface area contributed by atoms with Gasteiger partial charge >= 0.3 is 0 Å². The summed E-state index contributed by atoms with van der Waals surface area (Å²) in [6, 6.07) is 2.44. The van der Waals surface area contributed by atoms with E-state index in [1.54, 1.807) is 6.92 Å². The summed E-state index contributed by atoms with van der Waals surface area (Å²) >= 11 is 0. The molecule has 5 N–H and O–H groups in total. The Balaban J connectivity index is 3.09. The molecule has 0 aliphatic rings. The van der Waals surface area contributed by atoms with Gasteiger partial charge in [-0.25, -0.2) is 4.39 Å². The predicted octanol–water partition coefficient (Wildman–Crippen LogP) is 0.103. The quantitative estimate of drug-likeness (QED) is 0.539. The van der Waals surface area contributed by atoms with E-state index in [0.29, 0.717) is 5.56 Å². The van der Waals surface area contributed by atoms with Crippen molar-refractivity contribution in [3.05, 3.63) is 29.1 Å². The lowest BCUT2D eigenvalue weighted by atomic mass is 9.99. The van der Waals surface area contributed by atoms with Gasteiger partial charge in [0.15, 0.2) is 0 Å². The Labute approximate surface area is 86.8 Å². The lowest BCUT2D eigenvalue weighted by Crippen LogP contribution is -2.23. The summed E-state index contributed by atoms with van der Waals surface area (Å²) < 4.78 is 13.1. The van der Waals surface area contributed by atoms with Crippen molar-refractivity contribution in [3.8, 4) is 0 Å². The monoisotopic (exact) mass is 215 g/mol. The molecule has 0 saturated carbocycles. The molecule has 2 atom stereocenters. The van der Waals surface area contributed by atoms with Gasteiger partial charge < -0.3 is 21.1 Å². The third-order valence-corrected chi connectivity index (χ3v) is 2.26. The second-order valence-electron chi connectivity index (χ2n) is 3.43. The van der Waals surface area contributed by atoms with E-state index in [0.717, 1.165) is 6.07 Å². The van der Waals surface area contributed by atoms with E-state index in [1.807, 2.05) is 0 Å². The number of aryl methyl sites for hydroxylation is 1.